The van der Waals surface area contributed by atoms with Crippen molar-refractivity contribution >= 4 is 23.6 Å². The Morgan fingerprint density at radius 1 is 1.38 bits per heavy atom. The van der Waals surface area contributed by atoms with E-state index in [1.165, 1.54) is 17.3 Å². The number of carbonyl (C=O) groups excluding carboxylic acids is 2. The van der Waals surface area contributed by atoms with Crippen molar-refractivity contribution < 1.29 is 14.3 Å². The standard InChI is InChI=1S/C21H27NO3S/c1-13-6-8-15(9-7-13)19(23)22-14(2)25-20(24)18-17(22)12-16(26-18)10-11-21(3,4)5/h6,14-16H,7-9,12H2,1-5H3. The van der Waals surface area contributed by atoms with E-state index < -0.39 is 6.23 Å². The zero-order valence-electron chi connectivity index (χ0n) is 16.2. The first kappa shape index (κ1) is 19.1. The second-order valence-corrected chi connectivity index (χ2v) is 9.55. The molecule has 3 rings (SSSR count). The number of nitrogens with zero attached hydrogens (tertiary/aromatic N) is 1. The van der Waals surface area contributed by atoms with Crippen LogP contribution in [0.15, 0.2) is 22.3 Å². The molecule has 3 aliphatic rings. The molecular weight excluding hydrogens is 346 g/mol. The molecule has 0 N–H and O–H groups in total. The van der Waals surface area contributed by atoms with Crippen LogP contribution in [0, 0.1) is 23.2 Å². The molecule has 0 fully saturated rings. The highest BCUT2D eigenvalue weighted by Crippen LogP contribution is 2.44. The molecule has 2 aliphatic heterocycles. The van der Waals surface area contributed by atoms with Crippen molar-refractivity contribution in [3.05, 3.63) is 22.3 Å². The molecule has 3 unspecified atom stereocenters. The Hall–Kier alpha value is -1.67. The van der Waals surface area contributed by atoms with Gasteiger partial charge in [0.15, 0.2) is 6.23 Å². The maximum Gasteiger partial charge on any atom is 0.348 e. The molecule has 0 spiro atoms. The first-order chi connectivity index (χ1) is 12.2. The molecule has 0 aromatic rings. The third kappa shape index (κ3) is 4.01. The van der Waals surface area contributed by atoms with E-state index in [1.54, 1.807) is 11.8 Å². The number of thioether (sulfide) groups is 1. The fourth-order valence-corrected chi connectivity index (χ4v) is 4.56. The largest absolute Gasteiger partial charge is 0.437 e. The number of esters is 1. The molecule has 26 heavy (non-hydrogen) atoms. The van der Waals surface area contributed by atoms with Gasteiger partial charge in [-0.25, -0.2) is 4.79 Å². The summed E-state index contributed by atoms with van der Waals surface area (Å²) in [6, 6.07) is 0. The van der Waals surface area contributed by atoms with Gasteiger partial charge in [-0.2, -0.15) is 0 Å². The summed E-state index contributed by atoms with van der Waals surface area (Å²) >= 11 is 1.44. The van der Waals surface area contributed by atoms with Crippen molar-refractivity contribution in [2.24, 2.45) is 11.3 Å². The van der Waals surface area contributed by atoms with E-state index >= 15 is 0 Å². The summed E-state index contributed by atoms with van der Waals surface area (Å²) in [4.78, 5) is 27.8. The van der Waals surface area contributed by atoms with Gasteiger partial charge in [-0.3, -0.25) is 9.69 Å². The minimum atomic E-state index is -0.546. The Kier molecular flexibility index (Phi) is 5.25. The normalized spacial score (nSPS) is 28.8. The molecule has 2 heterocycles. The molecule has 5 heteroatoms. The Morgan fingerprint density at radius 3 is 2.73 bits per heavy atom. The summed E-state index contributed by atoms with van der Waals surface area (Å²) in [6.07, 6.45) is 4.82. The zero-order valence-corrected chi connectivity index (χ0v) is 17.0. The highest BCUT2D eigenvalue weighted by atomic mass is 32.2. The maximum atomic E-state index is 13.2. The number of carbonyl (C=O) groups is 2. The summed E-state index contributed by atoms with van der Waals surface area (Å²) < 4.78 is 5.46. The molecule has 0 aromatic carbocycles. The van der Waals surface area contributed by atoms with Crippen molar-refractivity contribution in [2.75, 3.05) is 0 Å². The third-order valence-corrected chi connectivity index (χ3v) is 6.06. The van der Waals surface area contributed by atoms with Crippen LogP contribution in [0.1, 0.15) is 60.3 Å². The van der Waals surface area contributed by atoms with Crippen molar-refractivity contribution in [3.63, 3.8) is 0 Å². The number of rotatable bonds is 1. The molecule has 0 saturated carbocycles. The van der Waals surface area contributed by atoms with Crippen LogP contribution in [0.2, 0.25) is 0 Å². The SMILES string of the molecule is CC1=CCC(C(=O)N2C3=C(SC(C#CC(C)(C)C)C3)C(=O)OC2C)CC1. The van der Waals surface area contributed by atoms with Crippen LogP contribution in [-0.2, 0) is 14.3 Å². The minimum Gasteiger partial charge on any atom is -0.437 e. The van der Waals surface area contributed by atoms with E-state index in [1.807, 2.05) is 0 Å². The molecule has 3 atom stereocenters. The highest BCUT2D eigenvalue weighted by molar-refractivity contribution is 8.05. The van der Waals surface area contributed by atoms with E-state index in [2.05, 4.69) is 45.6 Å². The Bertz CT molecular complexity index is 747. The summed E-state index contributed by atoms with van der Waals surface area (Å²) in [6.45, 7) is 10.1. The molecule has 0 saturated heterocycles. The molecule has 1 amide bonds. The quantitative estimate of drug-likeness (QED) is 0.392. The lowest BCUT2D eigenvalue weighted by molar-refractivity contribution is -0.161. The lowest BCUT2D eigenvalue weighted by Gasteiger charge is -2.36. The van der Waals surface area contributed by atoms with Crippen LogP contribution < -0.4 is 0 Å². The van der Waals surface area contributed by atoms with Crippen molar-refractivity contribution in [1.82, 2.24) is 4.90 Å². The number of amides is 1. The number of hydrogen-bond acceptors (Lipinski definition) is 4. The van der Waals surface area contributed by atoms with Gasteiger partial charge in [0.05, 0.1) is 5.25 Å². The first-order valence-corrected chi connectivity index (χ1v) is 10.2. The summed E-state index contributed by atoms with van der Waals surface area (Å²) in [5, 5.41) is 0.000807. The van der Waals surface area contributed by atoms with E-state index in [-0.39, 0.29) is 28.5 Å². The van der Waals surface area contributed by atoms with Gasteiger partial charge in [0, 0.05) is 23.5 Å². The number of hydrogen-bond donors (Lipinski definition) is 0. The highest BCUT2D eigenvalue weighted by Gasteiger charge is 2.43. The molecule has 140 valence electrons. The molecule has 1 aliphatic carbocycles. The molecule has 0 bridgehead atoms. The minimum absolute atomic E-state index is 0.000807. The van der Waals surface area contributed by atoms with Gasteiger partial charge in [0.1, 0.15) is 4.91 Å². The molecule has 0 aromatic heterocycles. The van der Waals surface area contributed by atoms with Crippen LogP contribution >= 0.6 is 11.8 Å². The van der Waals surface area contributed by atoms with Crippen molar-refractivity contribution in [1.29, 1.82) is 0 Å². The van der Waals surface area contributed by atoms with Gasteiger partial charge in [-0.1, -0.05) is 35.3 Å². The molecule has 0 radical (unpaired) electrons. The first-order valence-electron chi connectivity index (χ1n) is 9.28. The summed E-state index contributed by atoms with van der Waals surface area (Å²) in [7, 11) is 0. The average molecular weight is 374 g/mol. The van der Waals surface area contributed by atoms with Gasteiger partial charge in [-0.15, -0.1) is 0 Å². The predicted octanol–water partition coefficient (Wildman–Crippen LogP) is 4.23. The second-order valence-electron chi connectivity index (χ2n) is 8.34. The predicted molar refractivity (Wildman–Crippen MR) is 104 cm³/mol. The lowest BCUT2D eigenvalue weighted by atomic mass is 9.89. The van der Waals surface area contributed by atoms with Crippen molar-refractivity contribution in [2.45, 2.75) is 71.8 Å². The van der Waals surface area contributed by atoms with E-state index in [0.29, 0.717) is 11.3 Å². The van der Waals surface area contributed by atoms with Crippen LogP contribution in [0.4, 0.5) is 0 Å². The number of allylic oxidation sites excluding steroid dienone is 3. The Labute approximate surface area is 160 Å². The second kappa shape index (κ2) is 7.15. The van der Waals surface area contributed by atoms with Crippen molar-refractivity contribution in [3.8, 4) is 11.8 Å². The molecule has 4 nitrogen and oxygen atoms in total. The summed E-state index contributed by atoms with van der Waals surface area (Å²) in [5.74, 6) is 6.25. The number of ether oxygens (including phenoxy) is 1. The Balaban J connectivity index is 1.82. The smallest absolute Gasteiger partial charge is 0.348 e. The van der Waals surface area contributed by atoms with Gasteiger partial charge >= 0.3 is 5.97 Å². The average Bonchev–Trinajstić information content (AvgIpc) is 2.97. The van der Waals surface area contributed by atoms with Crippen LogP contribution in [0.25, 0.3) is 0 Å². The van der Waals surface area contributed by atoms with Gasteiger partial charge < -0.3 is 4.74 Å². The number of cyclic esters (lactones) is 1. The van der Waals surface area contributed by atoms with Crippen LogP contribution in [0.3, 0.4) is 0 Å². The fourth-order valence-electron chi connectivity index (χ4n) is 3.45. The van der Waals surface area contributed by atoms with Crippen LogP contribution in [-0.4, -0.2) is 28.3 Å². The van der Waals surface area contributed by atoms with E-state index in [4.69, 9.17) is 4.74 Å². The Morgan fingerprint density at radius 2 is 2.12 bits per heavy atom. The van der Waals surface area contributed by atoms with Gasteiger partial charge in [-0.05, 0) is 53.9 Å². The third-order valence-electron chi connectivity index (χ3n) is 4.85. The van der Waals surface area contributed by atoms with Gasteiger partial charge in [0.2, 0.25) is 5.91 Å². The zero-order chi connectivity index (χ0) is 19.1. The van der Waals surface area contributed by atoms with Crippen LogP contribution in [0.5, 0.6) is 0 Å². The monoisotopic (exact) mass is 373 g/mol. The fraction of sp³-hybridized carbons (Fsp3) is 0.619. The topological polar surface area (TPSA) is 46.6 Å². The van der Waals surface area contributed by atoms with E-state index in [0.717, 1.165) is 25.0 Å². The maximum absolute atomic E-state index is 13.2. The van der Waals surface area contributed by atoms with Gasteiger partial charge in [0.25, 0.3) is 0 Å². The van der Waals surface area contributed by atoms with E-state index in [9.17, 15) is 9.59 Å². The lowest BCUT2D eigenvalue weighted by Crippen LogP contribution is -2.47. The summed E-state index contributed by atoms with van der Waals surface area (Å²) in [5.41, 5.74) is 2.07. The molecular formula is C21H27NO3S.